The Morgan fingerprint density at radius 1 is 1.09 bits per heavy atom. The van der Waals surface area contributed by atoms with Crippen LogP contribution in [0.25, 0.3) is 11.3 Å². The summed E-state index contributed by atoms with van der Waals surface area (Å²) in [7, 11) is 1.89. The Kier molecular flexibility index (Phi) is 3.27. The second kappa shape index (κ2) is 5.32. The zero-order valence-corrected chi connectivity index (χ0v) is 13.2. The van der Waals surface area contributed by atoms with Crippen molar-refractivity contribution in [2.24, 2.45) is 12.0 Å². The van der Waals surface area contributed by atoms with Gasteiger partial charge in [-0.1, -0.05) is 29.8 Å². The molecule has 0 N–H and O–H groups in total. The molecule has 0 aliphatic carbocycles. The largest absolute Gasteiger partial charge is 0.279 e. The molecular weight excluding hydrogens is 313 g/mol. The molecule has 3 aromatic rings. The van der Waals surface area contributed by atoms with E-state index in [1.165, 1.54) is 6.07 Å². The first-order valence-corrected chi connectivity index (χ1v) is 7.63. The van der Waals surface area contributed by atoms with Crippen molar-refractivity contribution in [2.45, 2.75) is 6.54 Å². The lowest BCUT2D eigenvalue weighted by atomic mass is 9.95. The highest BCUT2D eigenvalue weighted by molar-refractivity contribution is 6.31. The second-order valence-corrected chi connectivity index (χ2v) is 5.91. The number of nitrogens with zero attached hydrogens (tertiary/aromatic N) is 3. The van der Waals surface area contributed by atoms with E-state index >= 15 is 0 Å². The molecule has 0 saturated heterocycles. The lowest BCUT2D eigenvalue weighted by Crippen LogP contribution is -2.08. The van der Waals surface area contributed by atoms with Crippen molar-refractivity contribution in [1.29, 1.82) is 0 Å². The Hall–Kier alpha value is -2.46. The van der Waals surface area contributed by atoms with E-state index in [4.69, 9.17) is 11.6 Å². The molecule has 2 heterocycles. The minimum atomic E-state index is -0.291. The van der Waals surface area contributed by atoms with E-state index in [1.807, 2.05) is 42.2 Å². The zero-order chi connectivity index (χ0) is 16.0. The molecule has 0 radical (unpaired) electrons. The summed E-state index contributed by atoms with van der Waals surface area (Å²) in [6.07, 6.45) is 1.81. The average molecular weight is 326 g/mol. The van der Waals surface area contributed by atoms with Gasteiger partial charge in [-0.05, 0) is 24.3 Å². The van der Waals surface area contributed by atoms with Crippen molar-refractivity contribution in [3.05, 3.63) is 76.2 Å². The van der Waals surface area contributed by atoms with Crippen molar-refractivity contribution in [3.63, 3.8) is 0 Å². The van der Waals surface area contributed by atoms with Gasteiger partial charge in [-0.15, -0.1) is 0 Å². The molecule has 114 valence electrons. The predicted octanol–water partition coefficient (Wildman–Crippen LogP) is 4.23. The summed E-state index contributed by atoms with van der Waals surface area (Å²) in [5, 5.41) is 4.91. The number of benzene rings is 2. The fourth-order valence-corrected chi connectivity index (χ4v) is 3.17. The molecule has 23 heavy (non-hydrogen) atoms. The van der Waals surface area contributed by atoms with Crippen molar-refractivity contribution in [3.8, 4) is 11.3 Å². The van der Waals surface area contributed by atoms with Crippen LogP contribution < -0.4 is 0 Å². The highest BCUT2D eigenvalue weighted by atomic mass is 35.5. The SMILES string of the molecule is Cn1ncc2c1-c1ccc(Cl)cc1C(c1ccccc1F)=NC2. The Morgan fingerprint density at radius 3 is 2.74 bits per heavy atom. The van der Waals surface area contributed by atoms with Crippen LogP contribution in [0.1, 0.15) is 16.7 Å². The van der Waals surface area contributed by atoms with Gasteiger partial charge in [0.1, 0.15) is 5.82 Å². The minimum Gasteiger partial charge on any atom is -0.279 e. The number of halogens is 2. The number of rotatable bonds is 1. The molecule has 3 nitrogen and oxygen atoms in total. The second-order valence-electron chi connectivity index (χ2n) is 5.48. The number of aryl methyl sites for hydroxylation is 1. The van der Waals surface area contributed by atoms with E-state index in [1.54, 1.807) is 12.1 Å². The summed E-state index contributed by atoms with van der Waals surface area (Å²) in [6, 6.07) is 12.3. The lowest BCUT2D eigenvalue weighted by Gasteiger charge is -2.12. The number of hydrogen-bond acceptors (Lipinski definition) is 2. The van der Waals surface area contributed by atoms with Crippen LogP contribution in [0.4, 0.5) is 4.39 Å². The van der Waals surface area contributed by atoms with Crippen LogP contribution in [0, 0.1) is 5.82 Å². The van der Waals surface area contributed by atoms with Crippen LogP contribution in [0.2, 0.25) is 5.02 Å². The maximum atomic E-state index is 14.3. The molecule has 1 aromatic heterocycles. The third-order valence-corrected chi connectivity index (χ3v) is 4.28. The highest BCUT2D eigenvalue weighted by Gasteiger charge is 2.23. The number of aromatic nitrogens is 2. The third kappa shape index (κ3) is 2.26. The molecule has 0 fully saturated rings. The first kappa shape index (κ1) is 14.2. The fourth-order valence-electron chi connectivity index (χ4n) is 3.00. The Labute approximate surface area is 138 Å². The smallest absolute Gasteiger partial charge is 0.132 e. The van der Waals surface area contributed by atoms with Crippen molar-refractivity contribution in [1.82, 2.24) is 9.78 Å². The topological polar surface area (TPSA) is 30.2 Å². The van der Waals surface area contributed by atoms with Gasteiger partial charge in [0.2, 0.25) is 0 Å². The molecule has 0 unspecified atom stereocenters. The summed E-state index contributed by atoms with van der Waals surface area (Å²) >= 11 is 6.19. The Bertz CT molecular complexity index is 943. The van der Waals surface area contributed by atoms with Crippen molar-refractivity contribution in [2.75, 3.05) is 0 Å². The van der Waals surface area contributed by atoms with Crippen LogP contribution in [0.5, 0.6) is 0 Å². The highest BCUT2D eigenvalue weighted by Crippen LogP contribution is 2.34. The standard InChI is InChI=1S/C18H13ClFN3/c1-23-18-11(10-22-23)9-21-17(14-4-2-3-5-16(14)20)15-8-12(19)6-7-13(15)18/h2-8,10H,9H2,1H3. The number of aliphatic imine (C=N–C) groups is 1. The average Bonchev–Trinajstić information content (AvgIpc) is 2.82. The summed E-state index contributed by atoms with van der Waals surface area (Å²) in [4.78, 5) is 4.66. The zero-order valence-electron chi connectivity index (χ0n) is 12.4. The maximum absolute atomic E-state index is 14.3. The molecule has 4 rings (SSSR count). The lowest BCUT2D eigenvalue weighted by molar-refractivity contribution is 0.625. The Morgan fingerprint density at radius 2 is 1.91 bits per heavy atom. The van der Waals surface area contributed by atoms with Gasteiger partial charge < -0.3 is 0 Å². The van der Waals surface area contributed by atoms with E-state index in [0.717, 1.165) is 22.4 Å². The summed E-state index contributed by atoms with van der Waals surface area (Å²) in [5.74, 6) is -0.291. The molecule has 2 aromatic carbocycles. The first-order chi connectivity index (χ1) is 11.1. The van der Waals surface area contributed by atoms with Gasteiger partial charge in [0.15, 0.2) is 0 Å². The van der Waals surface area contributed by atoms with Crippen LogP contribution in [-0.2, 0) is 13.6 Å². The summed E-state index contributed by atoms with van der Waals surface area (Å²) in [5.41, 5.74) is 4.90. The molecule has 0 saturated carbocycles. The molecule has 5 heteroatoms. The monoisotopic (exact) mass is 325 g/mol. The number of fused-ring (bicyclic) bond motifs is 3. The van der Waals surface area contributed by atoms with Crippen LogP contribution in [0.3, 0.4) is 0 Å². The van der Waals surface area contributed by atoms with Crippen molar-refractivity contribution < 1.29 is 4.39 Å². The number of hydrogen-bond donors (Lipinski definition) is 0. The molecular formula is C18H13ClFN3. The van der Waals surface area contributed by atoms with Crippen molar-refractivity contribution >= 4 is 17.3 Å². The third-order valence-electron chi connectivity index (χ3n) is 4.04. The first-order valence-electron chi connectivity index (χ1n) is 7.25. The predicted molar refractivity (Wildman–Crippen MR) is 89.4 cm³/mol. The minimum absolute atomic E-state index is 0.291. The normalized spacial score (nSPS) is 13.1. The van der Waals surface area contributed by atoms with Gasteiger partial charge in [0.25, 0.3) is 0 Å². The maximum Gasteiger partial charge on any atom is 0.132 e. The van der Waals surface area contributed by atoms with Gasteiger partial charge in [0, 0.05) is 34.3 Å². The van der Waals surface area contributed by atoms with Gasteiger partial charge in [-0.3, -0.25) is 9.67 Å². The van der Waals surface area contributed by atoms with Crippen LogP contribution >= 0.6 is 11.6 Å². The molecule has 0 spiro atoms. The van der Waals surface area contributed by atoms with E-state index in [-0.39, 0.29) is 5.82 Å². The van der Waals surface area contributed by atoms with Gasteiger partial charge in [-0.25, -0.2) is 4.39 Å². The van der Waals surface area contributed by atoms with E-state index in [0.29, 0.717) is 22.8 Å². The molecule has 0 amide bonds. The summed E-state index contributed by atoms with van der Waals surface area (Å²) < 4.78 is 16.1. The van der Waals surface area contributed by atoms with E-state index in [2.05, 4.69) is 10.1 Å². The molecule has 1 aliphatic rings. The summed E-state index contributed by atoms with van der Waals surface area (Å²) in [6.45, 7) is 0.457. The fraction of sp³-hybridized carbons (Fsp3) is 0.111. The molecule has 0 atom stereocenters. The van der Waals surface area contributed by atoms with Gasteiger partial charge in [0.05, 0.1) is 24.1 Å². The Balaban J connectivity index is 2.03. The van der Waals surface area contributed by atoms with Crippen LogP contribution in [-0.4, -0.2) is 15.5 Å². The quantitative estimate of drug-likeness (QED) is 0.658. The van der Waals surface area contributed by atoms with Crippen LogP contribution in [0.15, 0.2) is 53.7 Å². The van der Waals surface area contributed by atoms with Gasteiger partial charge in [-0.2, -0.15) is 5.10 Å². The van der Waals surface area contributed by atoms with E-state index < -0.39 is 0 Å². The molecule has 0 bridgehead atoms. The van der Waals surface area contributed by atoms with E-state index in [9.17, 15) is 4.39 Å². The molecule has 1 aliphatic heterocycles. The van der Waals surface area contributed by atoms with Gasteiger partial charge >= 0.3 is 0 Å².